The molecule has 1 aromatic carbocycles. The highest BCUT2D eigenvalue weighted by molar-refractivity contribution is 5.91. The van der Waals surface area contributed by atoms with E-state index in [1.165, 1.54) is 0 Å². The second kappa shape index (κ2) is 7.68. The van der Waals surface area contributed by atoms with Crippen LogP contribution in [0.2, 0.25) is 0 Å². The van der Waals surface area contributed by atoms with E-state index in [0.717, 1.165) is 49.9 Å². The molecule has 1 fully saturated rings. The van der Waals surface area contributed by atoms with Gasteiger partial charge in [-0.1, -0.05) is 19.8 Å². The zero-order valence-corrected chi connectivity index (χ0v) is 13.4. The molecule has 0 bridgehead atoms. The molecule has 2 atom stereocenters. The Bertz CT molecular complexity index is 584. The molecule has 1 saturated carbocycles. The van der Waals surface area contributed by atoms with E-state index < -0.39 is 30.2 Å². The number of esters is 1. The normalized spacial score (nSPS) is 21.2. The molecule has 132 valence electrons. The Kier molecular flexibility index (Phi) is 5.85. The molecule has 4 nitrogen and oxygen atoms in total. The van der Waals surface area contributed by atoms with Gasteiger partial charge in [0.15, 0.2) is 6.61 Å². The van der Waals surface area contributed by atoms with E-state index in [4.69, 9.17) is 4.74 Å². The van der Waals surface area contributed by atoms with Crippen molar-refractivity contribution >= 4 is 11.9 Å². The van der Waals surface area contributed by atoms with Crippen molar-refractivity contribution in [2.75, 3.05) is 6.61 Å². The number of rotatable bonds is 4. The fraction of sp³-hybridized carbons (Fsp3) is 0.529. The Hall–Kier alpha value is -2.05. The van der Waals surface area contributed by atoms with E-state index in [-0.39, 0.29) is 11.6 Å². The molecule has 0 spiro atoms. The number of halogens is 3. The third kappa shape index (κ3) is 4.97. The summed E-state index contributed by atoms with van der Waals surface area (Å²) in [6.07, 6.45) is -0.299. The molecule has 7 heteroatoms. The summed E-state index contributed by atoms with van der Waals surface area (Å²) in [5.41, 5.74) is -0.870. The molecule has 0 heterocycles. The lowest BCUT2D eigenvalue weighted by Gasteiger charge is -2.29. The maximum absolute atomic E-state index is 12.5. The molecular formula is C17H20F3NO3. The zero-order valence-electron chi connectivity index (χ0n) is 13.4. The van der Waals surface area contributed by atoms with Crippen LogP contribution in [0.1, 0.15) is 48.5 Å². The first kappa shape index (κ1) is 18.3. The Morgan fingerprint density at radius 1 is 1.17 bits per heavy atom. The summed E-state index contributed by atoms with van der Waals surface area (Å²) in [5, 5.41) is 2.84. The summed E-state index contributed by atoms with van der Waals surface area (Å²) < 4.78 is 42.2. The van der Waals surface area contributed by atoms with Crippen LogP contribution in [0.4, 0.5) is 13.2 Å². The molecular weight excluding hydrogens is 323 g/mol. The molecule has 0 aliphatic heterocycles. The van der Waals surface area contributed by atoms with Crippen LogP contribution < -0.4 is 5.32 Å². The average molecular weight is 343 g/mol. The monoisotopic (exact) mass is 343 g/mol. The molecule has 0 aromatic heterocycles. The summed E-state index contributed by atoms with van der Waals surface area (Å²) in [5.74, 6) is -0.835. The third-order valence-electron chi connectivity index (χ3n) is 4.24. The van der Waals surface area contributed by atoms with E-state index in [1.807, 2.05) is 0 Å². The molecule has 1 aliphatic carbocycles. The van der Waals surface area contributed by atoms with Crippen LogP contribution in [-0.2, 0) is 15.7 Å². The fourth-order valence-electron chi connectivity index (χ4n) is 2.79. The van der Waals surface area contributed by atoms with Gasteiger partial charge < -0.3 is 10.1 Å². The maximum Gasteiger partial charge on any atom is 0.416 e. The van der Waals surface area contributed by atoms with Gasteiger partial charge in [0, 0.05) is 6.04 Å². The molecule has 2 rings (SSSR count). The molecule has 0 saturated heterocycles. The lowest BCUT2D eigenvalue weighted by atomic mass is 9.86. The molecule has 1 N–H and O–H groups in total. The van der Waals surface area contributed by atoms with E-state index >= 15 is 0 Å². The number of carbonyl (C=O) groups excluding carboxylic acids is 2. The second-order valence-electron chi connectivity index (χ2n) is 6.09. The number of benzene rings is 1. The summed E-state index contributed by atoms with van der Waals surface area (Å²) in [6, 6.07) is 3.76. The van der Waals surface area contributed by atoms with E-state index in [9.17, 15) is 22.8 Å². The highest BCUT2D eigenvalue weighted by atomic mass is 19.4. The number of hydrogen-bond donors (Lipinski definition) is 1. The smallest absolute Gasteiger partial charge is 0.416 e. The van der Waals surface area contributed by atoms with Crippen LogP contribution in [0.25, 0.3) is 0 Å². The van der Waals surface area contributed by atoms with Crippen molar-refractivity contribution in [1.82, 2.24) is 5.32 Å². The van der Waals surface area contributed by atoms with Gasteiger partial charge in [-0.2, -0.15) is 13.2 Å². The predicted molar refractivity (Wildman–Crippen MR) is 81.3 cm³/mol. The lowest BCUT2D eigenvalue weighted by Crippen LogP contribution is -2.42. The molecule has 0 unspecified atom stereocenters. The molecule has 1 amide bonds. The maximum atomic E-state index is 12.5. The summed E-state index contributed by atoms with van der Waals surface area (Å²) >= 11 is 0. The van der Waals surface area contributed by atoms with Crippen molar-refractivity contribution in [3.8, 4) is 0 Å². The van der Waals surface area contributed by atoms with Crippen molar-refractivity contribution in [2.45, 2.75) is 44.8 Å². The van der Waals surface area contributed by atoms with Crippen molar-refractivity contribution in [2.24, 2.45) is 5.92 Å². The topological polar surface area (TPSA) is 55.4 Å². The fourth-order valence-corrected chi connectivity index (χ4v) is 2.79. The van der Waals surface area contributed by atoms with Gasteiger partial charge in [0.2, 0.25) is 0 Å². The highest BCUT2D eigenvalue weighted by Gasteiger charge is 2.30. The summed E-state index contributed by atoms with van der Waals surface area (Å²) in [4.78, 5) is 23.6. The Morgan fingerprint density at radius 3 is 2.38 bits per heavy atom. The standard InChI is InChI=1S/C17H20F3NO3/c1-11-4-2-3-5-14(11)21-15(22)10-24-16(23)12-6-8-13(9-7-12)17(18,19)20/h6-9,11,14H,2-5,10H2,1H3,(H,21,22)/t11-,14+/m0/s1. The number of alkyl halides is 3. The Morgan fingerprint density at radius 2 is 1.79 bits per heavy atom. The van der Waals surface area contributed by atoms with Crippen LogP contribution in [0, 0.1) is 5.92 Å². The number of hydrogen-bond acceptors (Lipinski definition) is 3. The third-order valence-corrected chi connectivity index (χ3v) is 4.24. The number of amides is 1. The van der Waals surface area contributed by atoms with E-state index in [0.29, 0.717) is 5.92 Å². The van der Waals surface area contributed by atoms with Crippen LogP contribution in [-0.4, -0.2) is 24.5 Å². The zero-order chi connectivity index (χ0) is 17.7. The first-order chi connectivity index (χ1) is 11.3. The van der Waals surface area contributed by atoms with Crippen molar-refractivity contribution < 1.29 is 27.5 Å². The first-order valence-corrected chi connectivity index (χ1v) is 7.91. The van der Waals surface area contributed by atoms with Gasteiger partial charge in [-0.25, -0.2) is 4.79 Å². The van der Waals surface area contributed by atoms with Crippen LogP contribution in [0.5, 0.6) is 0 Å². The quantitative estimate of drug-likeness (QED) is 0.851. The Balaban J connectivity index is 1.83. The van der Waals surface area contributed by atoms with E-state index in [1.54, 1.807) is 0 Å². The van der Waals surface area contributed by atoms with Crippen molar-refractivity contribution in [3.05, 3.63) is 35.4 Å². The van der Waals surface area contributed by atoms with Gasteiger partial charge in [0.05, 0.1) is 11.1 Å². The van der Waals surface area contributed by atoms with Crippen LogP contribution in [0.15, 0.2) is 24.3 Å². The highest BCUT2D eigenvalue weighted by Crippen LogP contribution is 2.29. The van der Waals surface area contributed by atoms with Crippen molar-refractivity contribution in [3.63, 3.8) is 0 Å². The van der Waals surface area contributed by atoms with Gasteiger partial charge in [0.25, 0.3) is 5.91 Å². The molecule has 0 radical (unpaired) electrons. The Labute approximate surface area is 138 Å². The lowest BCUT2D eigenvalue weighted by molar-refractivity contribution is -0.137. The number of carbonyl (C=O) groups is 2. The molecule has 24 heavy (non-hydrogen) atoms. The van der Waals surface area contributed by atoms with Gasteiger partial charge in [-0.3, -0.25) is 4.79 Å². The first-order valence-electron chi connectivity index (χ1n) is 7.91. The second-order valence-corrected chi connectivity index (χ2v) is 6.09. The SMILES string of the molecule is C[C@H]1CCCC[C@H]1NC(=O)COC(=O)c1ccc(C(F)(F)F)cc1. The summed E-state index contributed by atoms with van der Waals surface area (Å²) in [6.45, 7) is 1.63. The minimum atomic E-state index is -4.46. The minimum Gasteiger partial charge on any atom is -0.452 e. The molecule has 1 aliphatic rings. The summed E-state index contributed by atoms with van der Waals surface area (Å²) in [7, 11) is 0. The van der Waals surface area contributed by atoms with Crippen LogP contribution in [0.3, 0.4) is 0 Å². The van der Waals surface area contributed by atoms with Gasteiger partial charge in [-0.05, 0) is 43.0 Å². The largest absolute Gasteiger partial charge is 0.452 e. The minimum absolute atomic E-state index is 0.0261. The average Bonchev–Trinajstić information content (AvgIpc) is 2.54. The molecule has 1 aromatic rings. The van der Waals surface area contributed by atoms with Crippen LogP contribution >= 0.6 is 0 Å². The predicted octanol–water partition coefficient (Wildman–Crippen LogP) is 3.56. The van der Waals surface area contributed by atoms with Gasteiger partial charge in [-0.15, -0.1) is 0 Å². The van der Waals surface area contributed by atoms with E-state index in [2.05, 4.69) is 12.2 Å². The van der Waals surface area contributed by atoms with Crippen molar-refractivity contribution in [1.29, 1.82) is 0 Å². The number of ether oxygens (including phenoxy) is 1. The number of nitrogens with one attached hydrogen (secondary N) is 1. The van der Waals surface area contributed by atoms with Gasteiger partial charge >= 0.3 is 12.1 Å². The van der Waals surface area contributed by atoms with Gasteiger partial charge in [0.1, 0.15) is 0 Å².